The van der Waals surface area contributed by atoms with Crippen molar-refractivity contribution in [3.63, 3.8) is 0 Å². The van der Waals surface area contributed by atoms with E-state index in [1.807, 2.05) is 20.8 Å². The van der Waals surface area contributed by atoms with Gasteiger partial charge in [0.25, 0.3) is 0 Å². The quantitative estimate of drug-likeness (QED) is 0.774. The molecule has 5 heteroatoms. The lowest BCUT2D eigenvalue weighted by Crippen LogP contribution is -2.47. The highest BCUT2D eigenvalue weighted by molar-refractivity contribution is 5.69. The van der Waals surface area contributed by atoms with Crippen molar-refractivity contribution >= 4 is 6.09 Å². The summed E-state index contributed by atoms with van der Waals surface area (Å²) in [5.41, 5.74) is -0.460. The molecule has 104 valence electrons. The predicted molar refractivity (Wildman–Crippen MR) is 66.3 cm³/mol. The van der Waals surface area contributed by atoms with Crippen LogP contribution in [0.5, 0.6) is 0 Å². The molecule has 0 aromatic rings. The number of likely N-dealkylation sites (tertiary alicyclic amines) is 1. The fraction of sp³-hybridized carbons (Fsp3) is 0.923. The third-order valence-corrected chi connectivity index (χ3v) is 3.47. The molecule has 2 saturated heterocycles. The zero-order valence-electron chi connectivity index (χ0n) is 11.4. The lowest BCUT2D eigenvalue weighted by atomic mass is 9.99. The Kier molecular flexibility index (Phi) is 3.82. The van der Waals surface area contributed by atoms with Crippen molar-refractivity contribution in [2.75, 3.05) is 13.2 Å². The maximum Gasteiger partial charge on any atom is 0.410 e. The van der Waals surface area contributed by atoms with Crippen molar-refractivity contribution in [2.45, 2.75) is 63.9 Å². The summed E-state index contributed by atoms with van der Waals surface area (Å²) in [6.07, 6.45) is 2.27. The van der Waals surface area contributed by atoms with Crippen LogP contribution in [0, 0.1) is 0 Å². The first-order chi connectivity index (χ1) is 8.40. The van der Waals surface area contributed by atoms with Gasteiger partial charge < -0.3 is 19.5 Å². The maximum atomic E-state index is 12.1. The molecule has 2 aliphatic heterocycles. The second-order valence-corrected chi connectivity index (χ2v) is 6.09. The molecule has 0 radical (unpaired) electrons. The number of aliphatic hydroxyl groups excluding tert-OH is 1. The van der Waals surface area contributed by atoms with Gasteiger partial charge in [-0.25, -0.2) is 4.79 Å². The third-order valence-electron chi connectivity index (χ3n) is 3.47. The van der Waals surface area contributed by atoms with Gasteiger partial charge in [0.2, 0.25) is 0 Å². The fourth-order valence-corrected chi connectivity index (χ4v) is 2.68. The van der Waals surface area contributed by atoms with Crippen LogP contribution in [-0.2, 0) is 9.47 Å². The molecule has 3 atom stereocenters. The molecule has 0 spiro atoms. The van der Waals surface area contributed by atoms with Crippen molar-refractivity contribution in [1.82, 2.24) is 4.90 Å². The summed E-state index contributed by atoms with van der Waals surface area (Å²) in [4.78, 5) is 13.8. The lowest BCUT2D eigenvalue weighted by molar-refractivity contribution is -0.0877. The zero-order valence-corrected chi connectivity index (χ0v) is 11.4. The Morgan fingerprint density at radius 2 is 2.11 bits per heavy atom. The van der Waals surface area contributed by atoms with Gasteiger partial charge in [-0.3, -0.25) is 0 Å². The molecule has 0 bridgehead atoms. The minimum atomic E-state index is -0.460. The molecule has 1 N–H and O–H groups in total. The molecule has 2 fully saturated rings. The minimum Gasteiger partial charge on any atom is -0.444 e. The standard InChI is InChI=1S/C13H23NO4/c1-13(2,3)18-12(16)14-7-6-11-10(14)5-4-9(8-15)17-11/h9-11,15H,4-8H2,1-3H3/t9-,10+,11+/m1/s1. The Morgan fingerprint density at radius 3 is 2.72 bits per heavy atom. The largest absolute Gasteiger partial charge is 0.444 e. The number of rotatable bonds is 1. The van der Waals surface area contributed by atoms with Crippen LogP contribution in [0.2, 0.25) is 0 Å². The average molecular weight is 257 g/mol. The molecule has 0 aromatic heterocycles. The van der Waals surface area contributed by atoms with E-state index in [-0.39, 0.29) is 30.9 Å². The molecular formula is C13H23NO4. The number of aliphatic hydroxyl groups is 1. The summed E-state index contributed by atoms with van der Waals surface area (Å²) in [5, 5.41) is 9.11. The first-order valence-corrected chi connectivity index (χ1v) is 6.66. The van der Waals surface area contributed by atoms with Gasteiger partial charge >= 0.3 is 6.09 Å². The smallest absolute Gasteiger partial charge is 0.410 e. The monoisotopic (exact) mass is 257 g/mol. The first kappa shape index (κ1) is 13.6. The number of nitrogens with zero attached hydrogens (tertiary/aromatic N) is 1. The third kappa shape index (κ3) is 2.95. The number of carbonyl (C=O) groups is 1. The molecule has 2 rings (SSSR count). The van der Waals surface area contributed by atoms with Gasteiger partial charge in [0.05, 0.1) is 24.9 Å². The molecule has 1 amide bonds. The number of carbonyl (C=O) groups excluding carboxylic acids is 1. The summed E-state index contributed by atoms with van der Waals surface area (Å²) in [6, 6.07) is 0.114. The molecule has 0 aromatic carbocycles. The Labute approximate surface area is 108 Å². The molecule has 18 heavy (non-hydrogen) atoms. The van der Waals surface area contributed by atoms with E-state index in [1.54, 1.807) is 4.90 Å². The second-order valence-electron chi connectivity index (χ2n) is 6.09. The van der Waals surface area contributed by atoms with E-state index in [9.17, 15) is 4.79 Å². The molecule has 0 aliphatic carbocycles. The zero-order chi connectivity index (χ0) is 13.3. The molecule has 5 nitrogen and oxygen atoms in total. The van der Waals surface area contributed by atoms with Crippen LogP contribution < -0.4 is 0 Å². The van der Waals surface area contributed by atoms with Gasteiger partial charge in [-0.1, -0.05) is 0 Å². The van der Waals surface area contributed by atoms with Gasteiger partial charge in [-0.15, -0.1) is 0 Å². The first-order valence-electron chi connectivity index (χ1n) is 6.66. The van der Waals surface area contributed by atoms with E-state index < -0.39 is 5.60 Å². The van der Waals surface area contributed by atoms with Crippen LogP contribution in [0.4, 0.5) is 4.79 Å². The van der Waals surface area contributed by atoms with E-state index in [4.69, 9.17) is 14.6 Å². The summed E-state index contributed by atoms with van der Waals surface area (Å²) < 4.78 is 11.2. The van der Waals surface area contributed by atoms with E-state index in [0.29, 0.717) is 6.54 Å². The number of amides is 1. The van der Waals surface area contributed by atoms with E-state index in [2.05, 4.69) is 0 Å². The molecular weight excluding hydrogens is 234 g/mol. The number of hydrogen-bond donors (Lipinski definition) is 1. The average Bonchev–Trinajstić information content (AvgIpc) is 2.69. The molecule has 0 saturated carbocycles. The van der Waals surface area contributed by atoms with E-state index in [0.717, 1.165) is 19.3 Å². The Bertz CT molecular complexity index is 313. The Balaban J connectivity index is 1.95. The second kappa shape index (κ2) is 5.05. The fourth-order valence-electron chi connectivity index (χ4n) is 2.68. The van der Waals surface area contributed by atoms with Gasteiger partial charge in [0.15, 0.2) is 0 Å². The number of fused-ring (bicyclic) bond motifs is 1. The Morgan fingerprint density at radius 1 is 1.39 bits per heavy atom. The van der Waals surface area contributed by atoms with Crippen molar-refractivity contribution < 1.29 is 19.4 Å². The molecule has 2 heterocycles. The Hall–Kier alpha value is -0.810. The summed E-state index contributed by atoms with van der Waals surface area (Å²) in [5.74, 6) is 0. The summed E-state index contributed by atoms with van der Waals surface area (Å²) in [7, 11) is 0. The van der Waals surface area contributed by atoms with Crippen LogP contribution in [0.1, 0.15) is 40.0 Å². The van der Waals surface area contributed by atoms with Crippen molar-refractivity contribution in [1.29, 1.82) is 0 Å². The summed E-state index contributed by atoms with van der Waals surface area (Å²) in [6.45, 7) is 6.37. The van der Waals surface area contributed by atoms with Crippen LogP contribution in [0.15, 0.2) is 0 Å². The maximum absolute atomic E-state index is 12.1. The van der Waals surface area contributed by atoms with Crippen LogP contribution in [0.3, 0.4) is 0 Å². The SMILES string of the molecule is CC(C)(C)OC(=O)N1CC[C@@H]2O[C@@H](CO)CC[C@@H]21. The van der Waals surface area contributed by atoms with Gasteiger partial charge in [-0.05, 0) is 40.0 Å². The van der Waals surface area contributed by atoms with Crippen molar-refractivity contribution in [3.05, 3.63) is 0 Å². The van der Waals surface area contributed by atoms with E-state index in [1.165, 1.54) is 0 Å². The van der Waals surface area contributed by atoms with E-state index >= 15 is 0 Å². The van der Waals surface area contributed by atoms with Crippen LogP contribution in [0.25, 0.3) is 0 Å². The van der Waals surface area contributed by atoms with Gasteiger partial charge in [0, 0.05) is 6.54 Å². The molecule has 2 aliphatic rings. The predicted octanol–water partition coefficient (Wildman–Crippen LogP) is 1.54. The normalized spacial score (nSPS) is 32.2. The summed E-state index contributed by atoms with van der Waals surface area (Å²) >= 11 is 0. The topological polar surface area (TPSA) is 59.0 Å². The van der Waals surface area contributed by atoms with Crippen molar-refractivity contribution in [3.8, 4) is 0 Å². The number of hydrogen-bond acceptors (Lipinski definition) is 4. The molecule has 0 unspecified atom stereocenters. The van der Waals surface area contributed by atoms with Crippen LogP contribution >= 0.6 is 0 Å². The highest BCUT2D eigenvalue weighted by Crippen LogP contribution is 2.32. The van der Waals surface area contributed by atoms with Crippen LogP contribution in [-0.4, -0.2) is 53.1 Å². The number of ether oxygens (including phenoxy) is 2. The lowest BCUT2D eigenvalue weighted by Gasteiger charge is -2.35. The minimum absolute atomic E-state index is 0.0587. The van der Waals surface area contributed by atoms with Gasteiger partial charge in [-0.2, -0.15) is 0 Å². The van der Waals surface area contributed by atoms with Crippen molar-refractivity contribution in [2.24, 2.45) is 0 Å². The van der Waals surface area contributed by atoms with Gasteiger partial charge in [0.1, 0.15) is 5.60 Å². The highest BCUT2D eigenvalue weighted by atomic mass is 16.6. The highest BCUT2D eigenvalue weighted by Gasteiger charge is 2.43.